The summed E-state index contributed by atoms with van der Waals surface area (Å²) in [5, 5.41) is 0. The molecule has 0 N–H and O–H groups in total. The van der Waals surface area contributed by atoms with Gasteiger partial charge in [0.2, 0.25) is 0 Å². The molecule has 2 rings (SSSR count). The zero-order chi connectivity index (χ0) is 6.48. The van der Waals surface area contributed by atoms with Crippen molar-refractivity contribution in [1.82, 2.24) is 0 Å². The molecule has 0 aliphatic heterocycles. The van der Waals surface area contributed by atoms with Crippen LogP contribution < -0.4 is 0 Å². The maximum atomic E-state index is 2.45. The van der Waals surface area contributed by atoms with Crippen molar-refractivity contribution in [3.05, 3.63) is 11.6 Å². The highest BCUT2D eigenvalue weighted by Crippen LogP contribution is 2.61. The van der Waals surface area contributed by atoms with Crippen LogP contribution in [-0.2, 0) is 0 Å². The highest BCUT2D eigenvalue weighted by atomic mass is 14.6. The van der Waals surface area contributed by atoms with Crippen LogP contribution in [0.15, 0.2) is 11.6 Å². The topological polar surface area (TPSA) is 0 Å². The van der Waals surface area contributed by atoms with Crippen LogP contribution in [-0.4, -0.2) is 0 Å². The Hall–Kier alpha value is -0.260. The van der Waals surface area contributed by atoms with Gasteiger partial charge in [0.15, 0.2) is 0 Å². The van der Waals surface area contributed by atoms with Gasteiger partial charge in [0.05, 0.1) is 0 Å². The van der Waals surface area contributed by atoms with Gasteiger partial charge in [-0.1, -0.05) is 25.5 Å². The van der Waals surface area contributed by atoms with E-state index in [2.05, 4.69) is 19.9 Å². The Morgan fingerprint density at radius 3 is 2.78 bits per heavy atom. The average Bonchev–Trinajstić information content (AvgIpc) is 2.39. The van der Waals surface area contributed by atoms with Crippen LogP contribution in [0, 0.1) is 11.3 Å². The van der Waals surface area contributed by atoms with E-state index < -0.39 is 0 Å². The number of rotatable bonds is 0. The smallest absolute Gasteiger partial charge is 0.00760 e. The van der Waals surface area contributed by atoms with E-state index in [1.807, 2.05) is 0 Å². The van der Waals surface area contributed by atoms with E-state index in [0.29, 0.717) is 5.41 Å². The number of allylic oxidation sites excluding steroid dienone is 2. The first-order chi connectivity index (χ1) is 4.23. The predicted molar refractivity (Wildman–Crippen MR) is 39.2 cm³/mol. The Balaban J connectivity index is 2.25. The second-order valence-corrected chi connectivity index (χ2v) is 3.86. The van der Waals surface area contributed by atoms with Crippen LogP contribution >= 0.6 is 0 Å². The van der Waals surface area contributed by atoms with Crippen molar-refractivity contribution < 1.29 is 0 Å². The molecule has 0 aromatic heterocycles. The summed E-state index contributed by atoms with van der Waals surface area (Å²) in [4.78, 5) is 0. The number of hydrogen-bond acceptors (Lipinski definition) is 0. The summed E-state index contributed by atoms with van der Waals surface area (Å²) in [6.45, 7) is 4.74. The zero-order valence-corrected chi connectivity index (χ0v) is 6.28. The summed E-state index contributed by atoms with van der Waals surface area (Å²) in [7, 11) is 0. The molecule has 1 saturated carbocycles. The van der Waals surface area contributed by atoms with E-state index in [1.165, 1.54) is 19.3 Å². The third-order valence-corrected chi connectivity index (χ3v) is 2.97. The fraction of sp³-hybridized carbons (Fsp3) is 0.778. The van der Waals surface area contributed by atoms with Crippen LogP contribution in [0.1, 0.15) is 33.1 Å². The second-order valence-electron chi connectivity index (χ2n) is 3.86. The molecule has 50 valence electrons. The minimum absolute atomic E-state index is 0.608. The van der Waals surface area contributed by atoms with Crippen LogP contribution in [0.2, 0.25) is 0 Å². The predicted octanol–water partition coefficient (Wildman–Crippen LogP) is 2.75. The van der Waals surface area contributed by atoms with Gasteiger partial charge < -0.3 is 0 Å². The molecule has 1 atom stereocenters. The Kier molecular flexibility index (Phi) is 0.870. The lowest BCUT2D eigenvalue weighted by atomic mass is 10.1. The van der Waals surface area contributed by atoms with Gasteiger partial charge in [-0.15, -0.1) is 0 Å². The van der Waals surface area contributed by atoms with Crippen molar-refractivity contribution in [3.63, 3.8) is 0 Å². The molecule has 0 amide bonds. The minimum atomic E-state index is 0.608. The van der Waals surface area contributed by atoms with E-state index in [1.54, 1.807) is 5.57 Å². The van der Waals surface area contributed by atoms with Crippen molar-refractivity contribution >= 4 is 0 Å². The fourth-order valence-electron chi connectivity index (χ4n) is 2.18. The van der Waals surface area contributed by atoms with Gasteiger partial charge in [-0.25, -0.2) is 0 Å². The summed E-state index contributed by atoms with van der Waals surface area (Å²) < 4.78 is 0. The first kappa shape index (κ1) is 5.52. The standard InChI is InChI=1S/C9H14/c1-9(2)7-5-3-4-6-8(7)9/h5,8H,3-4,6H2,1-2H3. The summed E-state index contributed by atoms with van der Waals surface area (Å²) in [5.41, 5.74) is 2.35. The highest BCUT2D eigenvalue weighted by Gasteiger charge is 2.51. The first-order valence-electron chi connectivity index (χ1n) is 3.93. The molecule has 0 heteroatoms. The normalized spacial score (nSPS) is 37.1. The van der Waals surface area contributed by atoms with E-state index in [9.17, 15) is 0 Å². The van der Waals surface area contributed by atoms with Crippen LogP contribution in [0.4, 0.5) is 0 Å². The molecule has 0 radical (unpaired) electrons. The lowest BCUT2D eigenvalue weighted by molar-refractivity contribution is 0.524. The molecule has 0 nitrogen and oxygen atoms in total. The molecule has 1 fully saturated rings. The Morgan fingerprint density at radius 1 is 1.56 bits per heavy atom. The molecule has 0 heterocycles. The van der Waals surface area contributed by atoms with Gasteiger partial charge in [0.25, 0.3) is 0 Å². The van der Waals surface area contributed by atoms with Gasteiger partial charge in [-0.2, -0.15) is 0 Å². The number of fused-ring (bicyclic) bond motifs is 1. The van der Waals surface area contributed by atoms with Gasteiger partial charge in [-0.05, 0) is 30.6 Å². The molecule has 9 heavy (non-hydrogen) atoms. The van der Waals surface area contributed by atoms with Crippen molar-refractivity contribution in [2.45, 2.75) is 33.1 Å². The van der Waals surface area contributed by atoms with Crippen LogP contribution in [0.25, 0.3) is 0 Å². The SMILES string of the molecule is CC1(C)C2=CCCCC21. The molecule has 0 saturated heterocycles. The minimum Gasteiger partial charge on any atom is -0.0845 e. The molecule has 0 aromatic carbocycles. The van der Waals surface area contributed by atoms with E-state index in [0.717, 1.165) is 5.92 Å². The summed E-state index contributed by atoms with van der Waals surface area (Å²) in [6.07, 6.45) is 6.68. The summed E-state index contributed by atoms with van der Waals surface area (Å²) in [5.74, 6) is 0.978. The molecule has 0 spiro atoms. The maximum Gasteiger partial charge on any atom is -0.00760 e. The van der Waals surface area contributed by atoms with Crippen molar-refractivity contribution in [1.29, 1.82) is 0 Å². The Bertz CT molecular complexity index is 163. The van der Waals surface area contributed by atoms with Gasteiger partial charge in [0.1, 0.15) is 0 Å². The molecule has 0 bridgehead atoms. The Morgan fingerprint density at radius 2 is 2.33 bits per heavy atom. The maximum absolute atomic E-state index is 2.45. The first-order valence-corrected chi connectivity index (χ1v) is 3.93. The van der Waals surface area contributed by atoms with Crippen LogP contribution in [0.5, 0.6) is 0 Å². The summed E-state index contributed by atoms with van der Waals surface area (Å²) >= 11 is 0. The quantitative estimate of drug-likeness (QED) is 0.433. The van der Waals surface area contributed by atoms with Gasteiger partial charge in [-0.3, -0.25) is 0 Å². The monoisotopic (exact) mass is 122 g/mol. The third kappa shape index (κ3) is 0.593. The van der Waals surface area contributed by atoms with E-state index in [-0.39, 0.29) is 0 Å². The number of hydrogen-bond donors (Lipinski definition) is 0. The summed E-state index contributed by atoms with van der Waals surface area (Å²) in [6, 6.07) is 0. The molecule has 2 aliphatic carbocycles. The Labute approximate surface area is 57.0 Å². The largest absolute Gasteiger partial charge is 0.0845 e. The third-order valence-electron chi connectivity index (χ3n) is 2.97. The molecular weight excluding hydrogens is 108 g/mol. The van der Waals surface area contributed by atoms with Crippen molar-refractivity contribution in [3.8, 4) is 0 Å². The van der Waals surface area contributed by atoms with Crippen molar-refractivity contribution in [2.75, 3.05) is 0 Å². The highest BCUT2D eigenvalue weighted by molar-refractivity contribution is 5.36. The van der Waals surface area contributed by atoms with Crippen molar-refractivity contribution in [2.24, 2.45) is 11.3 Å². The lowest BCUT2D eigenvalue weighted by Gasteiger charge is -1.99. The van der Waals surface area contributed by atoms with Crippen LogP contribution in [0.3, 0.4) is 0 Å². The van der Waals surface area contributed by atoms with Gasteiger partial charge in [0, 0.05) is 0 Å². The van der Waals surface area contributed by atoms with E-state index in [4.69, 9.17) is 0 Å². The lowest BCUT2D eigenvalue weighted by Crippen LogP contribution is -1.88. The zero-order valence-electron chi connectivity index (χ0n) is 6.28. The molecule has 2 aliphatic rings. The van der Waals surface area contributed by atoms with Gasteiger partial charge >= 0.3 is 0 Å². The average molecular weight is 122 g/mol. The fourth-order valence-corrected chi connectivity index (χ4v) is 2.18. The molecular formula is C9H14. The molecule has 0 aromatic rings. The molecule has 1 unspecified atom stereocenters. The van der Waals surface area contributed by atoms with E-state index >= 15 is 0 Å². The second kappa shape index (κ2) is 1.42.